The zero-order valence-electron chi connectivity index (χ0n) is 11.8. The first kappa shape index (κ1) is 15.1. The molecule has 0 aliphatic rings. The maximum absolute atomic E-state index is 13.6. The van der Waals surface area contributed by atoms with Crippen molar-refractivity contribution in [3.8, 4) is 0 Å². The van der Waals surface area contributed by atoms with Crippen molar-refractivity contribution < 1.29 is 8.78 Å². The van der Waals surface area contributed by atoms with E-state index in [1.165, 1.54) is 18.3 Å². The summed E-state index contributed by atoms with van der Waals surface area (Å²) in [6.07, 6.45) is 1.52. The van der Waals surface area contributed by atoms with E-state index in [4.69, 9.17) is 5.73 Å². The average molecular weight is 294 g/mol. The molecule has 0 saturated heterocycles. The van der Waals surface area contributed by atoms with Gasteiger partial charge in [0, 0.05) is 31.8 Å². The monoisotopic (exact) mass is 294 g/mol. The highest BCUT2D eigenvalue weighted by Gasteiger charge is 2.14. The predicted octanol–water partition coefficient (Wildman–Crippen LogP) is 1.29. The van der Waals surface area contributed by atoms with Gasteiger partial charge >= 0.3 is 0 Å². The van der Waals surface area contributed by atoms with Crippen LogP contribution in [0.1, 0.15) is 11.6 Å². The minimum atomic E-state index is -0.791. The SMILES string of the molecule is CN(C)c1cnn(CC(N)c2ccc(F)cc2F)c(=O)c1. The zero-order valence-corrected chi connectivity index (χ0v) is 11.8. The number of rotatable bonds is 4. The fourth-order valence-electron chi connectivity index (χ4n) is 1.89. The van der Waals surface area contributed by atoms with E-state index in [1.807, 2.05) is 0 Å². The van der Waals surface area contributed by atoms with Gasteiger partial charge in [0.1, 0.15) is 11.6 Å². The summed E-state index contributed by atoms with van der Waals surface area (Å²) in [6, 6.07) is 3.79. The molecule has 1 atom stereocenters. The fourth-order valence-corrected chi connectivity index (χ4v) is 1.89. The quantitative estimate of drug-likeness (QED) is 0.923. The Kier molecular flexibility index (Phi) is 4.32. The fraction of sp³-hybridized carbons (Fsp3) is 0.286. The molecule has 112 valence electrons. The van der Waals surface area contributed by atoms with Crippen LogP contribution >= 0.6 is 0 Å². The highest BCUT2D eigenvalue weighted by atomic mass is 19.1. The summed E-state index contributed by atoms with van der Waals surface area (Å²) in [4.78, 5) is 13.7. The van der Waals surface area contributed by atoms with Gasteiger partial charge in [0.25, 0.3) is 5.56 Å². The number of halogens is 2. The topological polar surface area (TPSA) is 64.2 Å². The first-order valence-corrected chi connectivity index (χ1v) is 6.33. The van der Waals surface area contributed by atoms with Crippen LogP contribution in [0.4, 0.5) is 14.5 Å². The van der Waals surface area contributed by atoms with Crippen LogP contribution < -0.4 is 16.2 Å². The molecule has 2 aromatic rings. The first-order valence-electron chi connectivity index (χ1n) is 6.33. The number of hydrogen-bond donors (Lipinski definition) is 1. The van der Waals surface area contributed by atoms with Crippen LogP contribution in [0.15, 0.2) is 35.3 Å². The van der Waals surface area contributed by atoms with Gasteiger partial charge in [-0.1, -0.05) is 6.07 Å². The van der Waals surface area contributed by atoms with Crippen molar-refractivity contribution in [1.82, 2.24) is 9.78 Å². The van der Waals surface area contributed by atoms with Gasteiger partial charge in [0.2, 0.25) is 0 Å². The summed E-state index contributed by atoms with van der Waals surface area (Å²) in [7, 11) is 3.58. The minimum Gasteiger partial charge on any atom is -0.376 e. The molecule has 0 amide bonds. The highest BCUT2D eigenvalue weighted by molar-refractivity contribution is 5.40. The number of aromatic nitrogens is 2. The summed E-state index contributed by atoms with van der Waals surface area (Å²) in [5.41, 5.74) is 6.34. The lowest BCUT2D eigenvalue weighted by Crippen LogP contribution is -2.29. The van der Waals surface area contributed by atoms with Gasteiger partial charge in [-0.25, -0.2) is 13.5 Å². The van der Waals surface area contributed by atoms with Crippen LogP contribution in [0.5, 0.6) is 0 Å². The Morgan fingerprint density at radius 1 is 1.33 bits per heavy atom. The summed E-state index contributed by atoms with van der Waals surface area (Å²) in [5, 5.41) is 4.00. The Hall–Kier alpha value is -2.28. The van der Waals surface area contributed by atoms with Crippen molar-refractivity contribution in [2.45, 2.75) is 12.6 Å². The van der Waals surface area contributed by atoms with Crippen molar-refractivity contribution in [2.24, 2.45) is 5.73 Å². The van der Waals surface area contributed by atoms with Crippen LogP contribution in [-0.4, -0.2) is 23.9 Å². The number of nitrogens with two attached hydrogens (primary N) is 1. The normalized spacial score (nSPS) is 12.2. The van der Waals surface area contributed by atoms with Crippen molar-refractivity contribution in [3.05, 3.63) is 58.0 Å². The maximum Gasteiger partial charge on any atom is 0.268 e. The van der Waals surface area contributed by atoms with Crippen molar-refractivity contribution in [3.63, 3.8) is 0 Å². The van der Waals surface area contributed by atoms with Gasteiger partial charge in [-0.2, -0.15) is 5.10 Å². The van der Waals surface area contributed by atoms with E-state index in [2.05, 4.69) is 5.10 Å². The molecule has 1 aromatic carbocycles. The molecule has 2 N–H and O–H groups in total. The van der Waals surface area contributed by atoms with E-state index < -0.39 is 17.7 Å². The summed E-state index contributed by atoms with van der Waals surface area (Å²) in [6.45, 7) is 0.00902. The highest BCUT2D eigenvalue weighted by Crippen LogP contribution is 2.17. The van der Waals surface area contributed by atoms with Crippen molar-refractivity contribution >= 4 is 5.69 Å². The van der Waals surface area contributed by atoms with E-state index in [0.29, 0.717) is 5.69 Å². The second-order valence-electron chi connectivity index (χ2n) is 4.90. The molecule has 0 radical (unpaired) electrons. The summed E-state index contributed by atoms with van der Waals surface area (Å²) in [5.74, 6) is -1.41. The molecule has 5 nitrogen and oxygen atoms in total. The molecule has 2 rings (SSSR count). The van der Waals surface area contributed by atoms with E-state index in [1.54, 1.807) is 19.0 Å². The van der Waals surface area contributed by atoms with E-state index in [9.17, 15) is 13.6 Å². The standard InChI is InChI=1S/C14H16F2N4O/c1-19(2)10-6-14(21)20(18-7-10)8-13(17)11-4-3-9(15)5-12(11)16/h3-7,13H,8,17H2,1-2H3. The smallest absolute Gasteiger partial charge is 0.268 e. The van der Waals surface area contributed by atoms with Crippen LogP contribution in [0.25, 0.3) is 0 Å². The van der Waals surface area contributed by atoms with E-state index in [-0.39, 0.29) is 17.7 Å². The molecule has 0 aliphatic carbocycles. The van der Waals surface area contributed by atoms with Gasteiger partial charge in [0.05, 0.1) is 24.5 Å². The largest absolute Gasteiger partial charge is 0.376 e. The Balaban J connectivity index is 2.23. The Labute approximate surface area is 120 Å². The molecule has 1 aromatic heterocycles. The molecule has 1 heterocycles. The third-order valence-electron chi connectivity index (χ3n) is 3.10. The average Bonchev–Trinajstić information content (AvgIpc) is 2.40. The Morgan fingerprint density at radius 3 is 2.62 bits per heavy atom. The molecule has 0 bridgehead atoms. The first-order chi connectivity index (χ1) is 9.88. The Morgan fingerprint density at radius 2 is 2.05 bits per heavy atom. The molecular formula is C14H16F2N4O. The van der Waals surface area contributed by atoms with Crippen LogP contribution in [0, 0.1) is 11.6 Å². The number of anilines is 1. The molecule has 0 aliphatic heterocycles. The summed E-state index contributed by atoms with van der Waals surface area (Å²) >= 11 is 0. The molecule has 21 heavy (non-hydrogen) atoms. The number of nitrogens with zero attached hydrogens (tertiary/aromatic N) is 3. The van der Waals surface area contributed by atoms with E-state index in [0.717, 1.165) is 16.8 Å². The van der Waals surface area contributed by atoms with Crippen LogP contribution in [0.3, 0.4) is 0 Å². The molecule has 0 saturated carbocycles. The second-order valence-corrected chi connectivity index (χ2v) is 4.90. The van der Waals surface area contributed by atoms with Crippen LogP contribution in [0.2, 0.25) is 0 Å². The predicted molar refractivity (Wildman–Crippen MR) is 76.1 cm³/mol. The third kappa shape index (κ3) is 3.43. The van der Waals surface area contributed by atoms with Gasteiger partial charge < -0.3 is 10.6 Å². The zero-order chi connectivity index (χ0) is 15.6. The van der Waals surface area contributed by atoms with Gasteiger partial charge in [-0.05, 0) is 6.07 Å². The maximum atomic E-state index is 13.6. The van der Waals surface area contributed by atoms with Gasteiger partial charge in [0.15, 0.2) is 0 Å². The number of hydrogen-bond acceptors (Lipinski definition) is 4. The number of benzene rings is 1. The Bertz CT molecular complexity index is 700. The van der Waals surface area contributed by atoms with Gasteiger partial charge in [-0.15, -0.1) is 0 Å². The van der Waals surface area contributed by atoms with Crippen LogP contribution in [-0.2, 0) is 6.54 Å². The molecular weight excluding hydrogens is 278 g/mol. The van der Waals surface area contributed by atoms with E-state index >= 15 is 0 Å². The molecule has 1 unspecified atom stereocenters. The lowest BCUT2D eigenvalue weighted by atomic mass is 10.1. The minimum absolute atomic E-state index is 0.00902. The summed E-state index contributed by atoms with van der Waals surface area (Å²) < 4.78 is 27.7. The lowest BCUT2D eigenvalue weighted by molar-refractivity contribution is 0.480. The molecule has 0 fully saturated rings. The third-order valence-corrected chi connectivity index (χ3v) is 3.10. The second kappa shape index (κ2) is 6.01. The lowest BCUT2D eigenvalue weighted by Gasteiger charge is -2.16. The van der Waals surface area contributed by atoms with Crippen molar-refractivity contribution in [1.29, 1.82) is 0 Å². The van der Waals surface area contributed by atoms with Crippen molar-refractivity contribution in [2.75, 3.05) is 19.0 Å². The molecule has 0 spiro atoms. The molecule has 7 heteroatoms. The van der Waals surface area contributed by atoms with Gasteiger partial charge in [-0.3, -0.25) is 4.79 Å².